The molecule has 12 nitrogen and oxygen atoms in total. The minimum absolute atomic E-state index is 0.00317. The molecule has 206 valence electrons. The Hall–Kier alpha value is -4.53. The summed E-state index contributed by atoms with van der Waals surface area (Å²) in [6, 6.07) is 4.85. The first kappa shape index (κ1) is 27.5. The molecule has 2 aromatic heterocycles. The summed E-state index contributed by atoms with van der Waals surface area (Å²) < 4.78 is 51.4. The number of methoxy groups -OCH3 is 1. The van der Waals surface area contributed by atoms with Gasteiger partial charge in [-0.3, -0.25) is 9.59 Å². The number of hydrogen-bond donors (Lipinski definition) is 3. The average Bonchev–Trinajstić information content (AvgIpc) is 3.34. The first-order valence-electron chi connectivity index (χ1n) is 11.6. The number of amides is 4. The van der Waals surface area contributed by atoms with Gasteiger partial charge in [0.25, 0.3) is 17.7 Å². The molecule has 0 saturated carbocycles. The number of rotatable bonds is 9. The van der Waals surface area contributed by atoms with Gasteiger partial charge in [-0.1, -0.05) is 17.3 Å². The normalized spacial score (nSPS) is 16.2. The van der Waals surface area contributed by atoms with Gasteiger partial charge in [-0.05, 0) is 47.5 Å². The zero-order valence-electron chi connectivity index (χ0n) is 20.8. The number of carbonyl (C=O) groups excluding carboxylic acids is 3. The van der Waals surface area contributed by atoms with E-state index in [1.165, 1.54) is 44.5 Å². The van der Waals surface area contributed by atoms with Crippen LogP contribution in [0.25, 0.3) is 0 Å². The molecular formula is C24H24F3N7O5. The van der Waals surface area contributed by atoms with E-state index in [1.807, 2.05) is 0 Å². The molecule has 4 rings (SSSR count). The number of hydrogen-bond acceptors (Lipinski definition) is 8. The van der Waals surface area contributed by atoms with Gasteiger partial charge in [0.15, 0.2) is 5.69 Å². The summed E-state index contributed by atoms with van der Waals surface area (Å²) in [6.45, 7) is -0.227. The molecule has 3 heterocycles. The fraction of sp³-hybridized carbons (Fsp3) is 0.333. The van der Waals surface area contributed by atoms with Gasteiger partial charge in [-0.25, -0.2) is 27.6 Å². The van der Waals surface area contributed by atoms with Crippen LogP contribution >= 0.6 is 0 Å². The third kappa shape index (κ3) is 6.49. The monoisotopic (exact) mass is 547 g/mol. The number of ether oxygens (including phenoxy) is 1. The number of halogens is 3. The number of pyridine rings is 1. The summed E-state index contributed by atoms with van der Waals surface area (Å²) in [7, 11) is 1.36. The van der Waals surface area contributed by atoms with E-state index in [0.29, 0.717) is 5.56 Å². The molecular weight excluding hydrogens is 523 g/mol. The quantitative estimate of drug-likeness (QED) is 0.369. The second-order valence-electron chi connectivity index (χ2n) is 8.73. The van der Waals surface area contributed by atoms with Crippen LogP contribution in [0.15, 0.2) is 47.2 Å². The van der Waals surface area contributed by atoms with E-state index in [2.05, 4.69) is 35.9 Å². The van der Waals surface area contributed by atoms with E-state index in [-0.39, 0.29) is 29.4 Å². The summed E-state index contributed by atoms with van der Waals surface area (Å²) in [5, 5.41) is 14.3. The lowest BCUT2D eigenvalue weighted by Crippen LogP contribution is -2.58. The van der Waals surface area contributed by atoms with E-state index in [4.69, 9.17) is 4.74 Å². The number of aryl methyl sites for hydroxylation is 1. The molecule has 0 spiro atoms. The van der Waals surface area contributed by atoms with Gasteiger partial charge in [0.2, 0.25) is 0 Å². The molecule has 15 heteroatoms. The van der Waals surface area contributed by atoms with Gasteiger partial charge in [-0.15, -0.1) is 0 Å². The van der Waals surface area contributed by atoms with Crippen LogP contribution in [0.3, 0.4) is 0 Å². The van der Waals surface area contributed by atoms with Crippen LogP contribution in [-0.4, -0.2) is 70.8 Å². The fourth-order valence-electron chi connectivity index (χ4n) is 3.97. The van der Waals surface area contributed by atoms with Gasteiger partial charge in [0.05, 0.1) is 25.7 Å². The number of urea groups is 1. The first-order chi connectivity index (χ1) is 18.6. The Morgan fingerprint density at radius 2 is 1.95 bits per heavy atom. The molecule has 3 aromatic rings. The zero-order valence-corrected chi connectivity index (χ0v) is 20.8. The Kier molecular flexibility index (Phi) is 8.09. The van der Waals surface area contributed by atoms with Crippen LogP contribution in [0.5, 0.6) is 0 Å². The molecule has 0 bridgehead atoms. The van der Waals surface area contributed by atoms with Crippen molar-refractivity contribution in [2.75, 3.05) is 32.1 Å². The lowest BCUT2D eigenvalue weighted by Gasteiger charge is -2.38. The maximum atomic E-state index is 14.1. The molecule has 0 aliphatic carbocycles. The molecule has 4 amide bonds. The Morgan fingerprint density at radius 3 is 2.62 bits per heavy atom. The van der Waals surface area contributed by atoms with Crippen LogP contribution in [0.1, 0.15) is 39.4 Å². The van der Waals surface area contributed by atoms with Crippen molar-refractivity contribution in [2.24, 2.45) is 0 Å². The highest BCUT2D eigenvalue weighted by Crippen LogP contribution is 2.29. The highest BCUT2D eigenvalue weighted by molar-refractivity contribution is 6.00. The molecule has 1 aromatic carbocycles. The predicted octanol–water partition coefficient (Wildman–Crippen LogP) is 2.37. The number of anilines is 1. The molecule has 1 saturated heterocycles. The molecule has 0 radical (unpaired) electrons. The lowest BCUT2D eigenvalue weighted by atomic mass is 10.0. The number of aromatic nitrogens is 3. The average molecular weight is 547 g/mol. The van der Waals surface area contributed by atoms with Crippen molar-refractivity contribution < 1.29 is 36.9 Å². The van der Waals surface area contributed by atoms with Crippen LogP contribution in [0.2, 0.25) is 0 Å². The number of carbonyl (C=O) groups is 3. The van der Waals surface area contributed by atoms with Gasteiger partial charge in [-0.2, -0.15) is 0 Å². The van der Waals surface area contributed by atoms with Crippen molar-refractivity contribution >= 4 is 23.7 Å². The van der Waals surface area contributed by atoms with E-state index in [1.54, 1.807) is 0 Å². The number of benzene rings is 1. The van der Waals surface area contributed by atoms with Crippen LogP contribution in [-0.2, 0) is 9.53 Å². The molecule has 1 aliphatic heterocycles. The Morgan fingerprint density at radius 1 is 1.21 bits per heavy atom. The molecule has 3 N–H and O–H groups in total. The molecule has 1 aliphatic rings. The van der Waals surface area contributed by atoms with Gasteiger partial charge in [0.1, 0.15) is 23.4 Å². The van der Waals surface area contributed by atoms with E-state index >= 15 is 0 Å². The first-order valence-corrected chi connectivity index (χ1v) is 11.6. The topological polar surface area (TPSA) is 152 Å². The van der Waals surface area contributed by atoms with Crippen LogP contribution in [0, 0.1) is 12.7 Å². The number of nitrogens with one attached hydrogen (secondary N) is 3. The van der Waals surface area contributed by atoms with Crippen molar-refractivity contribution in [1.82, 2.24) is 30.8 Å². The smallest absolute Gasteiger partial charge is 0.318 e. The van der Waals surface area contributed by atoms with Crippen LogP contribution < -0.4 is 16.0 Å². The summed E-state index contributed by atoms with van der Waals surface area (Å²) in [4.78, 5) is 43.5. The minimum atomic E-state index is -3.15. The highest BCUT2D eigenvalue weighted by Gasteiger charge is 2.42. The Balaban J connectivity index is 1.59. The molecule has 2 atom stereocenters. The number of alkyl halides is 2. The van der Waals surface area contributed by atoms with E-state index < -0.39 is 54.8 Å². The highest BCUT2D eigenvalue weighted by atomic mass is 19.3. The minimum Gasteiger partial charge on any atom is -0.382 e. The Bertz CT molecular complexity index is 1350. The maximum absolute atomic E-state index is 14.1. The van der Waals surface area contributed by atoms with Crippen molar-refractivity contribution in [3.8, 4) is 0 Å². The van der Waals surface area contributed by atoms with Crippen molar-refractivity contribution in [3.63, 3.8) is 0 Å². The predicted molar refractivity (Wildman–Crippen MR) is 128 cm³/mol. The third-order valence-electron chi connectivity index (χ3n) is 5.89. The fourth-order valence-corrected chi connectivity index (χ4v) is 3.97. The standard InChI is InChI=1S/C24H24F3N7O5/c1-13-19(33-39-32-13)21(35)31-20(14-3-5-16(25)6-4-14)22(36)30-18-9-15(7-8-28-18)17(10-38-2)34-12-24(26,27)11-29-23(34)37/h3-9,17,20H,10-12H2,1-2H3,(H,29,37)(H,31,35)(H,28,30,36)/t17-,20+/m1/s1. The maximum Gasteiger partial charge on any atom is 0.318 e. The molecule has 39 heavy (non-hydrogen) atoms. The van der Waals surface area contributed by atoms with Gasteiger partial charge >= 0.3 is 6.03 Å². The van der Waals surface area contributed by atoms with Gasteiger partial charge < -0.3 is 25.6 Å². The van der Waals surface area contributed by atoms with Crippen molar-refractivity contribution in [1.29, 1.82) is 0 Å². The molecule has 0 unspecified atom stereocenters. The largest absolute Gasteiger partial charge is 0.382 e. The van der Waals surface area contributed by atoms with E-state index in [9.17, 15) is 27.6 Å². The summed E-state index contributed by atoms with van der Waals surface area (Å²) in [6.07, 6.45) is 1.32. The lowest BCUT2D eigenvalue weighted by molar-refractivity contribution is -0.118. The van der Waals surface area contributed by atoms with Crippen LogP contribution in [0.4, 0.5) is 23.8 Å². The molecule has 1 fully saturated rings. The SMILES string of the molecule is COC[C@H](c1ccnc(NC(=O)[C@@H](NC(=O)c2nonc2C)c2ccc(F)cc2)c1)N1CC(F)(F)CNC1=O. The second kappa shape index (κ2) is 11.5. The number of nitrogens with zero attached hydrogens (tertiary/aromatic N) is 4. The second-order valence-corrected chi connectivity index (χ2v) is 8.73. The van der Waals surface area contributed by atoms with E-state index in [0.717, 1.165) is 17.0 Å². The zero-order chi connectivity index (χ0) is 28.2. The Labute approximate surface area is 219 Å². The van der Waals surface area contributed by atoms with Crippen molar-refractivity contribution in [2.45, 2.75) is 24.9 Å². The van der Waals surface area contributed by atoms with Gasteiger partial charge in [0, 0.05) is 13.3 Å². The third-order valence-corrected chi connectivity index (χ3v) is 5.89. The summed E-state index contributed by atoms with van der Waals surface area (Å²) in [5.41, 5.74) is 0.657. The van der Waals surface area contributed by atoms with Crippen molar-refractivity contribution in [3.05, 3.63) is 70.9 Å². The summed E-state index contributed by atoms with van der Waals surface area (Å²) >= 11 is 0. The summed E-state index contributed by atoms with van der Waals surface area (Å²) in [5.74, 6) is -5.21.